The number of nitrogens with zero attached hydrogens (tertiary/aromatic N) is 2. The highest BCUT2D eigenvalue weighted by molar-refractivity contribution is 6.30. The minimum atomic E-state index is 0.0440. The molecule has 1 aliphatic heterocycles. The van der Waals surface area contributed by atoms with Crippen LogP contribution in [0.15, 0.2) is 24.3 Å². The van der Waals surface area contributed by atoms with E-state index in [1.807, 2.05) is 29.2 Å². The average molecular weight is 324 g/mol. The summed E-state index contributed by atoms with van der Waals surface area (Å²) >= 11 is 5.86. The van der Waals surface area contributed by atoms with Crippen LogP contribution in [-0.2, 0) is 6.42 Å². The van der Waals surface area contributed by atoms with Crippen molar-refractivity contribution in [2.75, 3.05) is 32.7 Å². The highest BCUT2D eigenvalue weighted by Crippen LogP contribution is 2.15. The van der Waals surface area contributed by atoms with Crippen molar-refractivity contribution in [3.05, 3.63) is 34.9 Å². The van der Waals surface area contributed by atoms with Crippen LogP contribution in [0.25, 0.3) is 0 Å². The van der Waals surface area contributed by atoms with E-state index in [2.05, 4.69) is 31.0 Å². The van der Waals surface area contributed by atoms with E-state index in [-0.39, 0.29) is 11.6 Å². The van der Waals surface area contributed by atoms with Gasteiger partial charge in [0.2, 0.25) is 0 Å². The maximum Gasteiger partial charge on any atom is 0.317 e. The summed E-state index contributed by atoms with van der Waals surface area (Å²) in [5.41, 5.74) is 1.36. The Kier molecular flexibility index (Phi) is 5.70. The molecule has 0 aliphatic carbocycles. The maximum atomic E-state index is 12.2. The van der Waals surface area contributed by atoms with E-state index < -0.39 is 0 Å². The molecule has 2 rings (SSSR count). The Morgan fingerprint density at radius 2 is 1.73 bits per heavy atom. The molecule has 2 amide bonds. The van der Waals surface area contributed by atoms with Crippen LogP contribution in [0.4, 0.5) is 4.79 Å². The minimum absolute atomic E-state index is 0.0440. The fourth-order valence-electron chi connectivity index (χ4n) is 2.66. The molecule has 0 radical (unpaired) electrons. The van der Waals surface area contributed by atoms with Crippen LogP contribution in [-0.4, -0.2) is 54.1 Å². The van der Waals surface area contributed by atoms with Crippen LogP contribution in [0.1, 0.15) is 26.3 Å². The number of hydrogen-bond donors (Lipinski definition) is 1. The van der Waals surface area contributed by atoms with Gasteiger partial charge in [0, 0.05) is 43.3 Å². The number of urea groups is 1. The van der Waals surface area contributed by atoms with Gasteiger partial charge in [0.1, 0.15) is 0 Å². The molecule has 122 valence electrons. The summed E-state index contributed by atoms with van der Waals surface area (Å²) < 4.78 is 0. The molecule has 0 bridgehead atoms. The molecule has 0 aromatic heterocycles. The topological polar surface area (TPSA) is 35.6 Å². The Bertz CT molecular complexity index is 488. The number of hydrogen-bond acceptors (Lipinski definition) is 2. The van der Waals surface area contributed by atoms with Crippen molar-refractivity contribution < 1.29 is 4.79 Å². The van der Waals surface area contributed by atoms with Crippen LogP contribution in [0.5, 0.6) is 0 Å². The number of carbonyl (C=O) groups is 1. The molecule has 1 fully saturated rings. The molecule has 0 atom stereocenters. The number of nitrogens with one attached hydrogen (secondary N) is 1. The van der Waals surface area contributed by atoms with E-state index in [9.17, 15) is 4.79 Å². The van der Waals surface area contributed by atoms with Gasteiger partial charge in [-0.05, 0) is 44.9 Å². The zero-order valence-corrected chi connectivity index (χ0v) is 14.5. The fraction of sp³-hybridized carbons (Fsp3) is 0.588. The van der Waals surface area contributed by atoms with Gasteiger partial charge in [-0.3, -0.25) is 4.90 Å². The molecule has 1 aliphatic rings. The first-order chi connectivity index (χ1) is 10.4. The first-order valence-electron chi connectivity index (χ1n) is 7.88. The highest BCUT2D eigenvalue weighted by Gasteiger charge is 2.27. The first-order valence-corrected chi connectivity index (χ1v) is 8.26. The average Bonchev–Trinajstić information content (AvgIpc) is 2.48. The predicted molar refractivity (Wildman–Crippen MR) is 91.5 cm³/mol. The van der Waals surface area contributed by atoms with Gasteiger partial charge in [0.05, 0.1) is 0 Å². The third kappa shape index (κ3) is 4.89. The smallest absolute Gasteiger partial charge is 0.317 e. The summed E-state index contributed by atoms with van der Waals surface area (Å²) in [5, 5.41) is 3.74. The number of halogens is 1. The van der Waals surface area contributed by atoms with Crippen LogP contribution < -0.4 is 5.32 Å². The minimum Gasteiger partial charge on any atom is -0.338 e. The largest absolute Gasteiger partial charge is 0.338 e. The Labute approximate surface area is 138 Å². The van der Waals surface area contributed by atoms with Crippen molar-refractivity contribution in [3.8, 4) is 0 Å². The van der Waals surface area contributed by atoms with Gasteiger partial charge in [-0.25, -0.2) is 4.79 Å². The van der Waals surface area contributed by atoms with Crippen molar-refractivity contribution in [2.24, 2.45) is 0 Å². The van der Waals surface area contributed by atoms with Crippen molar-refractivity contribution in [1.29, 1.82) is 0 Å². The molecule has 4 nitrogen and oxygen atoms in total. The molecule has 0 saturated carbocycles. The second kappa shape index (κ2) is 7.34. The first kappa shape index (κ1) is 17.1. The monoisotopic (exact) mass is 323 g/mol. The van der Waals surface area contributed by atoms with E-state index in [0.29, 0.717) is 6.54 Å². The quantitative estimate of drug-likeness (QED) is 0.928. The molecular formula is C17H26ClN3O. The van der Waals surface area contributed by atoms with Crippen LogP contribution in [0.2, 0.25) is 5.02 Å². The van der Waals surface area contributed by atoms with E-state index >= 15 is 0 Å². The van der Waals surface area contributed by atoms with Crippen molar-refractivity contribution in [1.82, 2.24) is 15.1 Å². The lowest BCUT2D eigenvalue weighted by Gasteiger charge is -2.42. The normalized spacial score (nSPS) is 16.6. The molecule has 0 spiro atoms. The van der Waals surface area contributed by atoms with Gasteiger partial charge in [-0.2, -0.15) is 0 Å². The summed E-state index contributed by atoms with van der Waals surface area (Å²) in [7, 11) is 0. The lowest BCUT2D eigenvalue weighted by Crippen LogP contribution is -2.56. The predicted octanol–water partition coefficient (Wildman–Crippen LogP) is 3.01. The van der Waals surface area contributed by atoms with Crippen LogP contribution in [0, 0.1) is 0 Å². The molecule has 1 aromatic rings. The number of amides is 2. The molecule has 0 unspecified atom stereocenters. The Morgan fingerprint density at radius 3 is 2.27 bits per heavy atom. The van der Waals surface area contributed by atoms with Crippen molar-refractivity contribution >= 4 is 17.6 Å². The van der Waals surface area contributed by atoms with Crippen molar-refractivity contribution in [3.63, 3.8) is 0 Å². The summed E-state index contributed by atoms with van der Waals surface area (Å²) in [6.45, 7) is 10.8. The van der Waals surface area contributed by atoms with Crippen LogP contribution in [0.3, 0.4) is 0 Å². The van der Waals surface area contributed by atoms with E-state index in [1.54, 1.807) is 0 Å². The number of rotatable bonds is 3. The molecule has 1 heterocycles. The number of benzene rings is 1. The molecule has 5 heteroatoms. The lowest BCUT2D eigenvalue weighted by molar-refractivity contribution is 0.0744. The molecule has 1 saturated heterocycles. The summed E-state index contributed by atoms with van der Waals surface area (Å²) in [5.74, 6) is 0. The van der Waals surface area contributed by atoms with Crippen molar-refractivity contribution in [2.45, 2.75) is 32.7 Å². The van der Waals surface area contributed by atoms with Gasteiger partial charge in [-0.15, -0.1) is 0 Å². The van der Waals surface area contributed by atoms with Crippen LogP contribution >= 0.6 is 11.6 Å². The number of carbonyl (C=O) groups excluding carboxylic acids is 1. The lowest BCUT2D eigenvalue weighted by atomic mass is 10.1. The molecule has 1 aromatic carbocycles. The zero-order valence-electron chi connectivity index (χ0n) is 13.7. The van der Waals surface area contributed by atoms with Gasteiger partial charge in [0.25, 0.3) is 0 Å². The Balaban J connectivity index is 1.71. The molecular weight excluding hydrogens is 298 g/mol. The van der Waals surface area contributed by atoms with Gasteiger partial charge in [-0.1, -0.05) is 23.7 Å². The van der Waals surface area contributed by atoms with Gasteiger partial charge >= 0.3 is 6.03 Å². The van der Waals surface area contributed by atoms with E-state index in [1.165, 1.54) is 5.56 Å². The summed E-state index contributed by atoms with van der Waals surface area (Å²) in [4.78, 5) is 16.5. The van der Waals surface area contributed by atoms with Gasteiger partial charge in [0.15, 0.2) is 0 Å². The van der Waals surface area contributed by atoms with E-state index in [0.717, 1.165) is 37.6 Å². The SMILES string of the molecule is CC(C)(C)N1CCN(C(=O)NCCc2ccc(Cl)cc2)CC1. The second-order valence-corrected chi connectivity index (χ2v) is 7.19. The summed E-state index contributed by atoms with van der Waals surface area (Å²) in [6.07, 6.45) is 0.824. The Morgan fingerprint density at radius 1 is 1.14 bits per heavy atom. The molecule has 22 heavy (non-hydrogen) atoms. The zero-order chi connectivity index (χ0) is 16.2. The highest BCUT2D eigenvalue weighted by atomic mass is 35.5. The second-order valence-electron chi connectivity index (χ2n) is 6.75. The number of piperazine rings is 1. The van der Waals surface area contributed by atoms with Gasteiger partial charge < -0.3 is 10.2 Å². The fourth-order valence-corrected chi connectivity index (χ4v) is 2.78. The standard InChI is InChI=1S/C17H26ClN3O/c1-17(2,3)21-12-10-20(11-13-21)16(22)19-9-8-14-4-6-15(18)7-5-14/h4-7H,8-13H2,1-3H3,(H,19,22). The van der Waals surface area contributed by atoms with E-state index in [4.69, 9.17) is 11.6 Å². The molecule has 1 N–H and O–H groups in total. The maximum absolute atomic E-state index is 12.2. The third-order valence-corrected chi connectivity index (χ3v) is 4.37. The summed E-state index contributed by atoms with van der Waals surface area (Å²) in [6, 6.07) is 7.80. The Hall–Kier alpha value is -1.26. The third-order valence-electron chi connectivity index (χ3n) is 4.12.